The van der Waals surface area contributed by atoms with E-state index in [0.29, 0.717) is 18.1 Å². The minimum atomic E-state index is 0.0827. The third-order valence-corrected chi connectivity index (χ3v) is 4.09. The Hall–Kier alpha value is -0.770. The van der Waals surface area contributed by atoms with Gasteiger partial charge in [-0.15, -0.1) is 0 Å². The van der Waals surface area contributed by atoms with Crippen molar-refractivity contribution in [1.29, 1.82) is 0 Å². The molecular weight excluding hydrogens is 226 g/mol. The number of urea groups is 1. The Kier molecular flexibility index (Phi) is 5.93. The highest BCUT2D eigenvalue weighted by molar-refractivity contribution is 5.74. The molecule has 0 aliphatic carbocycles. The van der Waals surface area contributed by atoms with Crippen LogP contribution in [0.2, 0.25) is 0 Å². The largest absolute Gasteiger partial charge is 0.334 e. The molecule has 106 valence electrons. The molecule has 2 amide bonds. The molecule has 0 aromatic carbocycles. The van der Waals surface area contributed by atoms with Crippen molar-refractivity contribution in [1.82, 2.24) is 15.1 Å². The van der Waals surface area contributed by atoms with E-state index in [0.717, 1.165) is 32.4 Å². The van der Waals surface area contributed by atoms with Crippen molar-refractivity contribution in [2.24, 2.45) is 0 Å². The van der Waals surface area contributed by atoms with Crippen molar-refractivity contribution in [2.45, 2.75) is 65.1 Å². The first-order valence-corrected chi connectivity index (χ1v) is 7.26. The number of rotatable bonds is 5. The number of amides is 2. The average Bonchev–Trinajstić information content (AvgIpc) is 2.79. The van der Waals surface area contributed by atoms with Crippen molar-refractivity contribution in [3.05, 3.63) is 0 Å². The van der Waals surface area contributed by atoms with Crippen LogP contribution >= 0.6 is 0 Å². The third kappa shape index (κ3) is 3.87. The molecule has 0 saturated carbocycles. The molecule has 0 radical (unpaired) electrons. The second-order valence-electron chi connectivity index (χ2n) is 5.60. The van der Waals surface area contributed by atoms with Gasteiger partial charge in [0.25, 0.3) is 0 Å². The summed E-state index contributed by atoms with van der Waals surface area (Å²) in [7, 11) is 1.90. The smallest absolute Gasteiger partial charge is 0.317 e. The maximum Gasteiger partial charge on any atom is 0.317 e. The highest BCUT2D eigenvalue weighted by Gasteiger charge is 2.27. The molecule has 1 heterocycles. The first-order valence-electron chi connectivity index (χ1n) is 7.26. The van der Waals surface area contributed by atoms with Crippen LogP contribution in [0.4, 0.5) is 4.79 Å². The maximum absolute atomic E-state index is 12.1. The van der Waals surface area contributed by atoms with Crippen LogP contribution in [0, 0.1) is 0 Å². The predicted octanol–water partition coefficient (Wildman–Crippen LogP) is 2.30. The highest BCUT2D eigenvalue weighted by Crippen LogP contribution is 2.13. The van der Waals surface area contributed by atoms with E-state index in [1.807, 2.05) is 11.9 Å². The van der Waals surface area contributed by atoms with Crippen LogP contribution in [0.3, 0.4) is 0 Å². The fraction of sp³-hybridized carbons (Fsp3) is 0.929. The van der Waals surface area contributed by atoms with Crippen LogP contribution in [0.15, 0.2) is 0 Å². The average molecular weight is 255 g/mol. The van der Waals surface area contributed by atoms with Gasteiger partial charge >= 0.3 is 6.03 Å². The maximum atomic E-state index is 12.1. The number of carbonyl (C=O) groups excluding carboxylic acids is 1. The van der Waals surface area contributed by atoms with Crippen molar-refractivity contribution in [3.63, 3.8) is 0 Å². The number of carbonyl (C=O) groups is 1. The quantitative estimate of drug-likeness (QED) is 0.818. The predicted molar refractivity (Wildman–Crippen MR) is 75.8 cm³/mol. The molecule has 1 N–H and O–H groups in total. The minimum Gasteiger partial charge on any atom is -0.334 e. The van der Waals surface area contributed by atoms with Crippen LogP contribution in [0.1, 0.15) is 47.0 Å². The minimum absolute atomic E-state index is 0.0827. The van der Waals surface area contributed by atoms with Crippen molar-refractivity contribution in [2.75, 3.05) is 20.1 Å². The Morgan fingerprint density at radius 3 is 2.44 bits per heavy atom. The molecule has 0 bridgehead atoms. The SMILES string of the molecule is CCC(CC)N(C)C(=O)NC1CCN(C(C)C)C1. The van der Waals surface area contributed by atoms with Gasteiger partial charge in [0.2, 0.25) is 0 Å². The zero-order valence-electron chi connectivity index (χ0n) is 12.6. The monoisotopic (exact) mass is 255 g/mol. The van der Waals surface area contributed by atoms with E-state index in [9.17, 15) is 4.79 Å². The van der Waals surface area contributed by atoms with Gasteiger partial charge in [-0.2, -0.15) is 0 Å². The van der Waals surface area contributed by atoms with E-state index in [-0.39, 0.29) is 6.03 Å². The first-order chi connectivity index (χ1) is 8.49. The molecule has 4 heteroatoms. The molecule has 4 nitrogen and oxygen atoms in total. The molecule has 1 atom stereocenters. The number of hydrogen-bond donors (Lipinski definition) is 1. The number of likely N-dealkylation sites (tertiary alicyclic amines) is 1. The Morgan fingerprint density at radius 2 is 2.00 bits per heavy atom. The molecule has 1 fully saturated rings. The number of nitrogens with zero attached hydrogens (tertiary/aromatic N) is 2. The van der Waals surface area contributed by atoms with Crippen molar-refractivity contribution < 1.29 is 4.79 Å². The van der Waals surface area contributed by atoms with Gasteiger partial charge in [0.15, 0.2) is 0 Å². The van der Waals surface area contributed by atoms with Gasteiger partial charge in [0.05, 0.1) is 0 Å². The summed E-state index contributed by atoms with van der Waals surface area (Å²) in [6.45, 7) is 10.8. The van der Waals surface area contributed by atoms with Crippen LogP contribution < -0.4 is 5.32 Å². The van der Waals surface area contributed by atoms with Gasteiger partial charge < -0.3 is 10.2 Å². The lowest BCUT2D eigenvalue weighted by molar-refractivity contribution is 0.181. The lowest BCUT2D eigenvalue weighted by Gasteiger charge is -2.28. The fourth-order valence-electron chi connectivity index (χ4n) is 2.65. The summed E-state index contributed by atoms with van der Waals surface area (Å²) in [5.74, 6) is 0. The van der Waals surface area contributed by atoms with E-state index in [4.69, 9.17) is 0 Å². The van der Waals surface area contributed by atoms with Crippen LogP contribution in [0.5, 0.6) is 0 Å². The van der Waals surface area contributed by atoms with Crippen molar-refractivity contribution >= 4 is 6.03 Å². The highest BCUT2D eigenvalue weighted by atomic mass is 16.2. The first kappa shape index (κ1) is 15.3. The van der Waals surface area contributed by atoms with Gasteiger partial charge in [-0.25, -0.2) is 4.79 Å². The Balaban J connectivity index is 2.41. The molecule has 1 saturated heterocycles. The summed E-state index contributed by atoms with van der Waals surface area (Å²) in [6, 6.07) is 1.33. The zero-order valence-corrected chi connectivity index (χ0v) is 12.6. The second kappa shape index (κ2) is 6.98. The zero-order chi connectivity index (χ0) is 13.7. The molecule has 18 heavy (non-hydrogen) atoms. The standard InChI is InChI=1S/C14H29N3O/c1-6-13(7-2)16(5)14(18)15-12-8-9-17(10-12)11(3)4/h11-13H,6-10H2,1-5H3,(H,15,18). The normalized spacial score (nSPS) is 20.7. The second-order valence-corrected chi connectivity index (χ2v) is 5.60. The molecule has 1 aliphatic heterocycles. The van der Waals surface area contributed by atoms with E-state index in [2.05, 4.69) is 37.9 Å². The van der Waals surface area contributed by atoms with Gasteiger partial charge in [0, 0.05) is 38.3 Å². The van der Waals surface area contributed by atoms with E-state index < -0.39 is 0 Å². The van der Waals surface area contributed by atoms with E-state index in [1.165, 1.54) is 0 Å². The molecule has 1 rings (SSSR count). The number of nitrogens with one attached hydrogen (secondary N) is 1. The lowest BCUT2D eigenvalue weighted by Crippen LogP contribution is -2.48. The van der Waals surface area contributed by atoms with Gasteiger partial charge in [-0.3, -0.25) is 4.90 Å². The molecule has 0 aromatic rings. The van der Waals surface area contributed by atoms with Gasteiger partial charge in [-0.1, -0.05) is 13.8 Å². The van der Waals surface area contributed by atoms with Gasteiger partial charge in [0.1, 0.15) is 0 Å². The molecule has 1 unspecified atom stereocenters. The van der Waals surface area contributed by atoms with Crippen LogP contribution in [-0.2, 0) is 0 Å². The summed E-state index contributed by atoms with van der Waals surface area (Å²) < 4.78 is 0. The van der Waals surface area contributed by atoms with Crippen LogP contribution in [0.25, 0.3) is 0 Å². The molecular formula is C14H29N3O. The fourth-order valence-corrected chi connectivity index (χ4v) is 2.65. The molecule has 1 aliphatic rings. The Bertz CT molecular complexity index is 264. The molecule has 0 aromatic heterocycles. The Labute approximate surface area is 112 Å². The summed E-state index contributed by atoms with van der Waals surface area (Å²) in [5.41, 5.74) is 0. The van der Waals surface area contributed by atoms with E-state index >= 15 is 0 Å². The topological polar surface area (TPSA) is 35.6 Å². The van der Waals surface area contributed by atoms with E-state index in [1.54, 1.807) is 0 Å². The summed E-state index contributed by atoms with van der Waals surface area (Å²) in [6.07, 6.45) is 3.10. The lowest BCUT2D eigenvalue weighted by atomic mass is 10.1. The Morgan fingerprint density at radius 1 is 1.39 bits per heavy atom. The van der Waals surface area contributed by atoms with Gasteiger partial charge in [-0.05, 0) is 33.1 Å². The summed E-state index contributed by atoms with van der Waals surface area (Å²) in [4.78, 5) is 16.4. The third-order valence-electron chi connectivity index (χ3n) is 4.09. The van der Waals surface area contributed by atoms with Crippen molar-refractivity contribution in [3.8, 4) is 0 Å². The number of hydrogen-bond acceptors (Lipinski definition) is 2. The van der Waals surface area contributed by atoms with Crippen LogP contribution in [-0.4, -0.2) is 54.1 Å². The summed E-state index contributed by atoms with van der Waals surface area (Å²) >= 11 is 0. The molecule has 0 spiro atoms. The summed E-state index contributed by atoms with van der Waals surface area (Å²) in [5, 5.41) is 3.16.